The molecule has 1 amide bonds. The predicted octanol–water partition coefficient (Wildman–Crippen LogP) is 2.70. The molecule has 0 spiro atoms. The zero-order valence-electron chi connectivity index (χ0n) is 13.8. The van der Waals surface area contributed by atoms with Gasteiger partial charge in [-0.05, 0) is 18.2 Å². The standard InChI is InChI=1S/C18H15FN4O2S/c19-13-1-2-16-12(7-13)10-23(5-6-25-16)17(24)8-14-11-26-18(22-14)15-9-20-3-4-21-15/h1-4,7,9,11H,5-6,8,10H2. The first kappa shape index (κ1) is 16.6. The molecule has 0 saturated heterocycles. The normalized spacial score (nSPS) is 13.7. The van der Waals surface area contributed by atoms with E-state index in [9.17, 15) is 9.18 Å². The highest BCUT2D eigenvalue weighted by atomic mass is 32.1. The van der Waals surface area contributed by atoms with E-state index in [1.54, 1.807) is 29.6 Å². The number of benzene rings is 1. The lowest BCUT2D eigenvalue weighted by Gasteiger charge is -2.19. The summed E-state index contributed by atoms with van der Waals surface area (Å²) in [5.74, 6) is 0.219. The summed E-state index contributed by atoms with van der Waals surface area (Å²) >= 11 is 1.43. The van der Waals surface area contributed by atoms with Crippen LogP contribution in [0.2, 0.25) is 0 Å². The smallest absolute Gasteiger partial charge is 0.229 e. The van der Waals surface area contributed by atoms with Gasteiger partial charge in [0.05, 0.1) is 24.9 Å². The van der Waals surface area contributed by atoms with E-state index in [4.69, 9.17) is 4.74 Å². The van der Waals surface area contributed by atoms with Crippen LogP contribution in [0.4, 0.5) is 4.39 Å². The Balaban J connectivity index is 1.47. The Morgan fingerprint density at radius 2 is 2.27 bits per heavy atom. The van der Waals surface area contributed by atoms with Gasteiger partial charge in [-0.2, -0.15) is 0 Å². The average molecular weight is 370 g/mol. The molecule has 132 valence electrons. The SMILES string of the molecule is O=C(Cc1csc(-c2cnccn2)n1)N1CCOc2ccc(F)cc2C1. The van der Waals surface area contributed by atoms with Gasteiger partial charge >= 0.3 is 0 Å². The largest absolute Gasteiger partial charge is 0.491 e. The van der Waals surface area contributed by atoms with Crippen molar-refractivity contribution in [2.24, 2.45) is 0 Å². The first-order valence-electron chi connectivity index (χ1n) is 8.09. The number of halogens is 1. The average Bonchev–Trinajstić information content (AvgIpc) is 3.01. The van der Waals surface area contributed by atoms with Gasteiger partial charge < -0.3 is 9.64 Å². The predicted molar refractivity (Wildman–Crippen MR) is 94.2 cm³/mol. The summed E-state index contributed by atoms with van der Waals surface area (Å²) in [6, 6.07) is 4.38. The van der Waals surface area contributed by atoms with Crippen LogP contribution in [0.15, 0.2) is 42.2 Å². The van der Waals surface area contributed by atoms with Crippen LogP contribution >= 0.6 is 11.3 Å². The molecular weight excluding hydrogens is 355 g/mol. The fraction of sp³-hybridized carbons (Fsp3) is 0.222. The van der Waals surface area contributed by atoms with E-state index in [2.05, 4.69) is 15.0 Å². The second kappa shape index (κ2) is 7.17. The number of hydrogen-bond donors (Lipinski definition) is 0. The molecule has 2 aromatic heterocycles. The monoisotopic (exact) mass is 370 g/mol. The summed E-state index contributed by atoms with van der Waals surface area (Å²) in [7, 11) is 0. The van der Waals surface area contributed by atoms with Crippen molar-refractivity contribution in [1.29, 1.82) is 0 Å². The van der Waals surface area contributed by atoms with Gasteiger partial charge in [0.1, 0.15) is 28.9 Å². The van der Waals surface area contributed by atoms with Gasteiger partial charge in [-0.15, -0.1) is 11.3 Å². The Morgan fingerprint density at radius 1 is 1.35 bits per heavy atom. The van der Waals surface area contributed by atoms with E-state index in [1.807, 2.05) is 5.38 Å². The second-order valence-corrected chi connectivity index (χ2v) is 6.69. The summed E-state index contributed by atoms with van der Waals surface area (Å²) < 4.78 is 19.1. The van der Waals surface area contributed by atoms with E-state index < -0.39 is 0 Å². The molecule has 0 bridgehead atoms. The topological polar surface area (TPSA) is 68.2 Å². The van der Waals surface area contributed by atoms with Gasteiger partial charge in [0, 0.05) is 29.9 Å². The zero-order chi connectivity index (χ0) is 17.9. The van der Waals surface area contributed by atoms with E-state index >= 15 is 0 Å². The van der Waals surface area contributed by atoms with Gasteiger partial charge in [0.25, 0.3) is 0 Å². The molecule has 0 N–H and O–H groups in total. The molecule has 1 aromatic carbocycles. The van der Waals surface area contributed by atoms with Crippen LogP contribution in [0.3, 0.4) is 0 Å². The molecule has 3 aromatic rings. The Bertz CT molecular complexity index is 932. The van der Waals surface area contributed by atoms with Crippen LogP contribution in [0.5, 0.6) is 5.75 Å². The zero-order valence-corrected chi connectivity index (χ0v) is 14.6. The highest BCUT2D eigenvalue weighted by Gasteiger charge is 2.21. The minimum atomic E-state index is -0.338. The van der Waals surface area contributed by atoms with Crippen molar-refractivity contribution in [3.05, 3.63) is 59.2 Å². The van der Waals surface area contributed by atoms with Crippen LogP contribution in [0, 0.1) is 5.82 Å². The molecule has 26 heavy (non-hydrogen) atoms. The molecule has 0 radical (unpaired) electrons. The number of rotatable bonds is 3. The summed E-state index contributed by atoms with van der Waals surface area (Å²) in [5.41, 5.74) is 2.04. The molecule has 8 heteroatoms. The number of carbonyl (C=O) groups excluding carboxylic acids is 1. The van der Waals surface area contributed by atoms with Crippen LogP contribution in [0.25, 0.3) is 10.7 Å². The summed E-state index contributed by atoms with van der Waals surface area (Å²) in [4.78, 5) is 27.1. The molecule has 0 saturated carbocycles. The van der Waals surface area contributed by atoms with Crippen molar-refractivity contribution in [3.8, 4) is 16.5 Å². The molecule has 0 atom stereocenters. The van der Waals surface area contributed by atoms with E-state index in [0.717, 1.165) is 5.01 Å². The Kier molecular flexibility index (Phi) is 4.57. The molecule has 0 aliphatic carbocycles. The highest BCUT2D eigenvalue weighted by molar-refractivity contribution is 7.13. The first-order chi connectivity index (χ1) is 12.7. The molecule has 1 aliphatic heterocycles. The van der Waals surface area contributed by atoms with Crippen LogP contribution in [-0.2, 0) is 17.8 Å². The minimum Gasteiger partial charge on any atom is -0.491 e. The number of nitrogens with zero attached hydrogens (tertiary/aromatic N) is 4. The minimum absolute atomic E-state index is 0.0679. The molecular formula is C18H15FN4O2S. The maximum absolute atomic E-state index is 13.5. The van der Waals surface area contributed by atoms with Gasteiger partial charge in [0.2, 0.25) is 5.91 Å². The van der Waals surface area contributed by atoms with Gasteiger partial charge in [-0.1, -0.05) is 0 Å². The Morgan fingerprint density at radius 3 is 3.12 bits per heavy atom. The number of ether oxygens (including phenoxy) is 1. The number of thiazole rings is 1. The maximum atomic E-state index is 13.5. The molecule has 4 rings (SSSR count). The van der Waals surface area contributed by atoms with Crippen LogP contribution in [0.1, 0.15) is 11.3 Å². The van der Waals surface area contributed by atoms with Crippen molar-refractivity contribution >= 4 is 17.2 Å². The second-order valence-electron chi connectivity index (χ2n) is 5.83. The molecule has 6 nitrogen and oxygen atoms in total. The summed E-state index contributed by atoms with van der Waals surface area (Å²) in [6.45, 7) is 1.16. The van der Waals surface area contributed by atoms with E-state index in [0.29, 0.717) is 42.4 Å². The van der Waals surface area contributed by atoms with Crippen LogP contribution in [-0.4, -0.2) is 38.9 Å². The number of hydrogen-bond acceptors (Lipinski definition) is 6. The van der Waals surface area contributed by atoms with Crippen molar-refractivity contribution in [2.75, 3.05) is 13.2 Å². The molecule has 1 aliphatic rings. The summed E-state index contributed by atoms with van der Waals surface area (Å²) in [6.07, 6.45) is 5.03. The Labute approximate surface area is 153 Å². The van der Waals surface area contributed by atoms with Crippen molar-refractivity contribution in [3.63, 3.8) is 0 Å². The number of carbonyl (C=O) groups is 1. The van der Waals surface area contributed by atoms with Gasteiger partial charge in [-0.3, -0.25) is 14.8 Å². The lowest BCUT2D eigenvalue weighted by atomic mass is 10.1. The lowest BCUT2D eigenvalue weighted by Crippen LogP contribution is -2.33. The number of amides is 1. The molecule has 0 unspecified atom stereocenters. The number of aromatic nitrogens is 3. The third kappa shape index (κ3) is 3.55. The van der Waals surface area contributed by atoms with Crippen molar-refractivity contribution < 1.29 is 13.9 Å². The van der Waals surface area contributed by atoms with Gasteiger partial charge in [0.15, 0.2) is 0 Å². The maximum Gasteiger partial charge on any atom is 0.229 e. The van der Waals surface area contributed by atoms with Crippen LogP contribution < -0.4 is 4.74 Å². The fourth-order valence-corrected chi connectivity index (χ4v) is 3.54. The third-order valence-corrected chi connectivity index (χ3v) is 4.94. The van der Waals surface area contributed by atoms with Crippen molar-refractivity contribution in [2.45, 2.75) is 13.0 Å². The van der Waals surface area contributed by atoms with Gasteiger partial charge in [-0.25, -0.2) is 9.37 Å². The first-order valence-corrected chi connectivity index (χ1v) is 8.97. The molecule has 0 fully saturated rings. The quantitative estimate of drug-likeness (QED) is 0.709. The fourth-order valence-electron chi connectivity index (χ4n) is 2.76. The van der Waals surface area contributed by atoms with Crippen molar-refractivity contribution in [1.82, 2.24) is 19.9 Å². The summed E-state index contributed by atoms with van der Waals surface area (Å²) in [5, 5.41) is 2.58. The highest BCUT2D eigenvalue weighted by Crippen LogP contribution is 2.25. The molecule has 3 heterocycles. The Hall–Kier alpha value is -2.87. The van der Waals surface area contributed by atoms with E-state index in [1.165, 1.54) is 23.5 Å². The van der Waals surface area contributed by atoms with E-state index in [-0.39, 0.29) is 18.1 Å². The third-order valence-electron chi connectivity index (χ3n) is 4.02. The lowest BCUT2D eigenvalue weighted by molar-refractivity contribution is -0.131. The number of fused-ring (bicyclic) bond motifs is 1.